The molecule has 2 bridgehead atoms. The second-order valence-electron chi connectivity index (χ2n) is 5.50. The van der Waals surface area contributed by atoms with Gasteiger partial charge in [-0.3, -0.25) is 4.55 Å². The normalized spacial score (nSPS) is 41.1. The van der Waals surface area contributed by atoms with E-state index in [1.54, 1.807) is 0 Å². The fourth-order valence-corrected chi connectivity index (χ4v) is 4.20. The fraction of sp³-hybridized carbons (Fsp3) is 1.00. The molecule has 1 heterocycles. The average Bonchev–Trinajstić information content (AvgIpc) is 2.99. The minimum atomic E-state index is -6.19. The molecule has 0 aromatic heterocycles. The molecule has 116 valence electrons. The Morgan fingerprint density at radius 1 is 1.05 bits per heavy atom. The fourth-order valence-electron chi connectivity index (χ4n) is 3.70. The van der Waals surface area contributed by atoms with Crippen LogP contribution in [0.5, 0.6) is 0 Å². The van der Waals surface area contributed by atoms with Gasteiger partial charge in [-0.2, -0.15) is 26.0 Å². The minimum absolute atomic E-state index is 0.0741. The Labute approximate surface area is 112 Å². The van der Waals surface area contributed by atoms with Crippen LogP contribution in [0.3, 0.4) is 0 Å². The third-order valence-corrected chi connectivity index (χ3v) is 5.48. The molecule has 1 aliphatic heterocycles. The van der Waals surface area contributed by atoms with E-state index in [9.17, 15) is 26.0 Å². The van der Waals surface area contributed by atoms with Crippen molar-refractivity contribution >= 4 is 10.1 Å². The predicted octanol–water partition coefficient (Wildman–Crippen LogP) is 1.50. The van der Waals surface area contributed by atoms with Crippen LogP contribution < -0.4 is 0 Å². The molecular weight excluding hydrogens is 308 g/mol. The first-order valence-corrected chi connectivity index (χ1v) is 7.47. The zero-order valence-electron chi connectivity index (χ0n) is 10.0. The van der Waals surface area contributed by atoms with Crippen molar-refractivity contribution in [1.82, 2.24) is 0 Å². The van der Waals surface area contributed by atoms with Gasteiger partial charge in [0.1, 0.15) is 6.79 Å². The van der Waals surface area contributed by atoms with Crippen LogP contribution in [0.4, 0.5) is 17.6 Å². The maximum Gasteiger partial charge on any atom is 0.431 e. The van der Waals surface area contributed by atoms with Crippen LogP contribution in [0.25, 0.3) is 0 Å². The highest BCUT2D eigenvalue weighted by Crippen LogP contribution is 2.60. The van der Waals surface area contributed by atoms with Crippen molar-refractivity contribution < 1.29 is 40.0 Å². The zero-order valence-corrected chi connectivity index (χ0v) is 10.8. The number of ether oxygens (including phenoxy) is 2. The molecule has 5 nitrogen and oxygen atoms in total. The zero-order chi connectivity index (χ0) is 14.9. The quantitative estimate of drug-likeness (QED) is 0.630. The van der Waals surface area contributed by atoms with Crippen LogP contribution in [0.2, 0.25) is 0 Å². The van der Waals surface area contributed by atoms with Gasteiger partial charge in [-0.1, -0.05) is 0 Å². The molecule has 5 unspecified atom stereocenters. The monoisotopic (exact) mass is 320 g/mol. The molecule has 20 heavy (non-hydrogen) atoms. The maximum absolute atomic E-state index is 13.9. The van der Waals surface area contributed by atoms with Crippen molar-refractivity contribution in [2.75, 3.05) is 6.79 Å². The van der Waals surface area contributed by atoms with Gasteiger partial charge in [0.15, 0.2) is 0 Å². The van der Waals surface area contributed by atoms with Crippen LogP contribution in [0, 0.1) is 17.8 Å². The molecular formula is C10H12F4O5S. The topological polar surface area (TPSA) is 72.8 Å². The number of hydrogen-bond acceptors (Lipinski definition) is 4. The van der Waals surface area contributed by atoms with Gasteiger partial charge in [-0.05, 0) is 24.7 Å². The van der Waals surface area contributed by atoms with Crippen molar-refractivity contribution in [3.05, 3.63) is 0 Å². The lowest BCUT2D eigenvalue weighted by atomic mass is 9.81. The van der Waals surface area contributed by atoms with Gasteiger partial charge < -0.3 is 9.47 Å². The Bertz CT molecular complexity index is 522. The lowest BCUT2D eigenvalue weighted by Gasteiger charge is -2.36. The summed E-state index contributed by atoms with van der Waals surface area (Å²) in [6.45, 7) is -0.0741. The molecule has 1 N–H and O–H groups in total. The Morgan fingerprint density at radius 3 is 2.25 bits per heavy atom. The Hall–Kier alpha value is -0.450. The number of fused-ring (bicyclic) bond motifs is 5. The van der Waals surface area contributed by atoms with Crippen molar-refractivity contribution in [3.63, 3.8) is 0 Å². The van der Waals surface area contributed by atoms with Crippen molar-refractivity contribution in [2.24, 2.45) is 17.8 Å². The highest BCUT2D eigenvalue weighted by Gasteiger charge is 2.74. The Kier molecular flexibility index (Phi) is 2.93. The van der Waals surface area contributed by atoms with E-state index in [-0.39, 0.29) is 31.7 Å². The molecule has 0 aromatic rings. The summed E-state index contributed by atoms with van der Waals surface area (Å²) >= 11 is 0. The number of halogens is 4. The second-order valence-corrected chi connectivity index (χ2v) is 6.96. The Balaban J connectivity index is 1.91. The Morgan fingerprint density at radius 2 is 1.65 bits per heavy atom. The van der Waals surface area contributed by atoms with Gasteiger partial charge in [-0.15, -0.1) is 0 Å². The largest absolute Gasteiger partial charge is 0.431 e. The molecule has 2 saturated carbocycles. The van der Waals surface area contributed by atoms with Gasteiger partial charge in [0, 0.05) is 5.92 Å². The lowest BCUT2D eigenvalue weighted by molar-refractivity contribution is -0.210. The summed E-state index contributed by atoms with van der Waals surface area (Å²) in [4.78, 5) is 0. The van der Waals surface area contributed by atoms with E-state index in [1.165, 1.54) is 0 Å². The van der Waals surface area contributed by atoms with Crippen LogP contribution in [0.1, 0.15) is 12.8 Å². The van der Waals surface area contributed by atoms with Gasteiger partial charge in [0.25, 0.3) is 0 Å². The van der Waals surface area contributed by atoms with E-state index >= 15 is 0 Å². The van der Waals surface area contributed by atoms with Gasteiger partial charge in [-0.25, -0.2) is 0 Å². The molecule has 1 saturated heterocycles. The first kappa shape index (κ1) is 14.5. The molecule has 3 rings (SSSR count). The van der Waals surface area contributed by atoms with E-state index in [0.29, 0.717) is 0 Å². The van der Waals surface area contributed by atoms with Crippen molar-refractivity contribution in [3.8, 4) is 0 Å². The lowest BCUT2D eigenvalue weighted by Crippen LogP contribution is -2.55. The third-order valence-electron chi connectivity index (χ3n) is 4.56. The van der Waals surface area contributed by atoms with Crippen molar-refractivity contribution in [2.45, 2.75) is 36.2 Å². The predicted molar refractivity (Wildman–Crippen MR) is 55.8 cm³/mol. The molecule has 0 aromatic carbocycles. The molecule has 0 radical (unpaired) electrons. The summed E-state index contributed by atoms with van der Waals surface area (Å²) < 4.78 is 94.4. The summed E-state index contributed by atoms with van der Waals surface area (Å²) in [5.74, 6) is -7.94. The van der Waals surface area contributed by atoms with E-state index in [4.69, 9.17) is 14.0 Å². The minimum Gasteiger partial charge on any atom is -0.349 e. The molecule has 5 atom stereocenters. The van der Waals surface area contributed by atoms with Crippen LogP contribution >= 0.6 is 0 Å². The molecule has 3 fully saturated rings. The SMILES string of the molecule is O=S(=O)(O)C(F)(F)C(F)(F)C1CC2CC1C1OCOC21. The van der Waals surface area contributed by atoms with Crippen LogP contribution in [-0.4, -0.2) is 43.1 Å². The van der Waals surface area contributed by atoms with Gasteiger partial charge in [0.05, 0.1) is 12.2 Å². The van der Waals surface area contributed by atoms with Crippen LogP contribution in [-0.2, 0) is 19.6 Å². The summed E-state index contributed by atoms with van der Waals surface area (Å²) in [5, 5.41) is -5.51. The van der Waals surface area contributed by atoms with Gasteiger partial charge >= 0.3 is 21.3 Å². The standard InChI is InChI=1S/C10H12F4O5S/c11-9(12,10(13,14)20(15,16)17)6-2-4-1-5(6)8-7(4)18-3-19-8/h4-8H,1-3H2,(H,15,16,17). The van der Waals surface area contributed by atoms with Gasteiger partial charge in [0.2, 0.25) is 0 Å². The molecule has 10 heteroatoms. The smallest absolute Gasteiger partial charge is 0.349 e. The molecule has 0 spiro atoms. The summed E-state index contributed by atoms with van der Waals surface area (Å²) in [5.41, 5.74) is 0. The third kappa shape index (κ3) is 1.68. The first-order valence-electron chi connectivity index (χ1n) is 6.03. The number of alkyl halides is 4. The van der Waals surface area contributed by atoms with E-state index in [1.807, 2.05) is 0 Å². The summed E-state index contributed by atoms with van der Waals surface area (Å²) in [6.07, 6.45) is -1.13. The van der Waals surface area contributed by atoms with Crippen molar-refractivity contribution in [1.29, 1.82) is 0 Å². The number of hydrogen-bond donors (Lipinski definition) is 1. The summed E-state index contributed by atoms with van der Waals surface area (Å²) in [7, 11) is -6.19. The van der Waals surface area contributed by atoms with Crippen LogP contribution in [0.15, 0.2) is 0 Å². The highest BCUT2D eigenvalue weighted by molar-refractivity contribution is 7.87. The molecule has 3 aliphatic rings. The average molecular weight is 320 g/mol. The van der Waals surface area contributed by atoms with E-state index in [2.05, 4.69) is 0 Å². The second kappa shape index (κ2) is 4.05. The summed E-state index contributed by atoms with van der Waals surface area (Å²) in [6, 6.07) is 0. The van der Waals surface area contributed by atoms with E-state index < -0.39 is 39.2 Å². The molecule has 2 aliphatic carbocycles. The maximum atomic E-state index is 13.9. The number of rotatable bonds is 3. The first-order chi connectivity index (χ1) is 9.07. The van der Waals surface area contributed by atoms with E-state index in [0.717, 1.165) is 0 Å². The molecule has 0 amide bonds. The highest BCUT2D eigenvalue weighted by atomic mass is 32.2.